The smallest absolute Gasteiger partial charge is 0.261 e. The van der Waals surface area contributed by atoms with E-state index in [4.69, 9.17) is 0 Å². The van der Waals surface area contributed by atoms with E-state index >= 15 is 0 Å². The summed E-state index contributed by atoms with van der Waals surface area (Å²) in [6.45, 7) is 1.82. The molecule has 10 heteroatoms. The second-order valence-corrected chi connectivity index (χ2v) is 7.81. The summed E-state index contributed by atoms with van der Waals surface area (Å²) in [7, 11) is 1.78. The minimum absolute atomic E-state index is 0.124. The molecule has 0 radical (unpaired) electrons. The van der Waals surface area contributed by atoms with E-state index in [1.165, 1.54) is 47.4 Å². The van der Waals surface area contributed by atoms with Gasteiger partial charge in [0.15, 0.2) is 11.0 Å². The van der Waals surface area contributed by atoms with E-state index in [-0.39, 0.29) is 29.4 Å². The third-order valence-corrected chi connectivity index (χ3v) is 5.70. The van der Waals surface area contributed by atoms with Gasteiger partial charge in [0.25, 0.3) is 5.91 Å². The van der Waals surface area contributed by atoms with Crippen LogP contribution in [0.4, 0.5) is 10.1 Å². The minimum Gasteiger partial charge on any atom is -0.342 e. The number of aromatic nitrogens is 3. The first kappa shape index (κ1) is 20.0. The Morgan fingerprint density at radius 1 is 1.25 bits per heavy atom. The summed E-state index contributed by atoms with van der Waals surface area (Å²) in [6, 6.07) is 8.79. The third kappa shape index (κ3) is 4.96. The van der Waals surface area contributed by atoms with Crippen LogP contribution in [0.2, 0.25) is 0 Å². The molecule has 28 heavy (non-hydrogen) atoms. The maximum Gasteiger partial charge on any atom is 0.261 e. The predicted molar refractivity (Wildman–Crippen MR) is 107 cm³/mol. The Hall–Kier alpha value is -2.72. The highest BCUT2D eigenvalue weighted by molar-refractivity contribution is 7.99. The monoisotopic (exact) mass is 419 g/mol. The molecule has 1 aromatic carbocycles. The van der Waals surface area contributed by atoms with Gasteiger partial charge in [0, 0.05) is 12.7 Å². The highest BCUT2D eigenvalue weighted by Gasteiger charge is 2.19. The van der Waals surface area contributed by atoms with Crippen molar-refractivity contribution in [2.24, 2.45) is 7.05 Å². The second kappa shape index (κ2) is 8.98. The summed E-state index contributed by atoms with van der Waals surface area (Å²) in [4.78, 5) is 24.9. The predicted octanol–water partition coefficient (Wildman–Crippen LogP) is 3.24. The maximum absolute atomic E-state index is 12.9. The Morgan fingerprint density at radius 3 is 2.68 bits per heavy atom. The van der Waals surface area contributed by atoms with Gasteiger partial charge in [0.1, 0.15) is 5.82 Å². The lowest BCUT2D eigenvalue weighted by Crippen LogP contribution is -2.27. The average Bonchev–Trinajstić information content (AvgIpc) is 3.32. The molecule has 0 aliphatic heterocycles. The number of halogens is 1. The van der Waals surface area contributed by atoms with Crippen LogP contribution in [0.25, 0.3) is 0 Å². The van der Waals surface area contributed by atoms with Crippen LogP contribution >= 0.6 is 23.1 Å². The van der Waals surface area contributed by atoms with Gasteiger partial charge in [-0.05, 0) is 42.6 Å². The van der Waals surface area contributed by atoms with Crippen LogP contribution in [0.1, 0.15) is 28.5 Å². The zero-order chi connectivity index (χ0) is 20.1. The number of carbonyl (C=O) groups is 2. The normalized spacial score (nSPS) is 11.8. The van der Waals surface area contributed by atoms with Crippen molar-refractivity contribution in [1.82, 2.24) is 20.1 Å². The molecule has 0 aliphatic carbocycles. The van der Waals surface area contributed by atoms with Crippen molar-refractivity contribution in [3.8, 4) is 0 Å². The van der Waals surface area contributed by atoms with Crippen LogP contribution in [0.5, 0.6) is 0 Å². The highest BCUT2D eigenvalue weighted by atomic mass is 32.2. The molecule has 2 N–H and O–H groups in total. The number of carbonyl (C=O) groups excluding carboxylic acids is 2. The van der Waals surface area contributed by atoms with E-state index in [1.54, 1.807) is 17.7 Å². The van der Waals surface area contributed by atoms with Crippen molar-refractivity contribution >= 4 is 40.6 Å². The zero-order valence-electron chi connectivity index (χ0n) is 15.2. The Kier molecular flexibility index (Phi) is 6.42. The van der Waals surface area contributed by atoms with Crippen molar-refractivity contribution in [2.75, 3.05) is 11.1 Å². The third-order valence-electron chi connectivity index (χ3n) is 3.81. The number of rotatable bonds is 7. The van der Waals surface area contributed by atoms with Gasteiger partial charge in [0.2, 0.25) is 5.91 Å². The van der Waals surface area contributed by atoms with Crippen molar-refractivity contribution in [1.29, 1.82) is 0 Å². The summed E-state index contributed by atoms with van der Waals surface area (Å²) >= 11 is 2.59. The number of nitrogens with zero attached hydrogens (tertiary/aromatic N) is 3. The van der Waals surface area contributed by atoms with Crippen LogP contribution < -0.4 is 10.6 Å². The lowest BCUT2D eigenvalue weighted by Gasteiger charge is -2.13. The second-order valence-electron chi connectivity index (χ2n) is 5.92. The molecule has 3 rings (SSSR count). The van der Waals surface area contributed by atoms with Crippen LogP contribution in [-0.4, -0.2) is 32.3 Å². The molecule has 0 unspecified atom stereocenters. The van der Waals surface area contributed by atoms with Gasteiger partial charge >= 0.3 is 0 Å². The molecule has 0 fully saturated rings. The number of thioether (sulfide) groups is 1. The van der Waals surface area contributed by atoms with E-state index in [0.717, 1.165) is 0 Å². The molecule has 0 aliphatic rings. The molecule has 1 atom stereocenters. The molecule has 2 amide bonds. The zero-order valence-corrected chi connectivity index (χ0v) is 16.8. The fourth-order valence-corrected chi connectivity index (χ4v) is 3.77. The average molecular weight is 420 g/mol. The molecule has 2 heterocycles. The van der Waals surface area contributed by atoms with E-state index in [2.05, 4.69) is 20.8 Å². The fraction of sp³-hybridized carbons (Fsp3) is 0.222. The first-order valence-corrected chi connectivity index (χ1v) is 10.2. The summed E-state index contributed by atoms with van der Waals surface area (Å²) in [5, 5.41) is 16.2. The lowest BCUT2D eigenvalue weighted by atomic mass is 10.3. The van der Waals surface area contributed by atoms with Gasteiger partial charge in [-0.25, -0.2) is 4.39 Å². The van der Waals surface area contributed by atoms with Crippen molar-refractivity contribution in [2.45, 2.75) is 18.1 Å². The molecular formula is C18H18FN5O2S2. The number of thiophene rings is 1. The number of amides is 2. The fourth-order valence-electron chi connectivity index (χ4n) is 2.43. The van der Waals surface area contributed by atoms with E-state index < -0.39 is 0 Å². The van der Waals surface area contributed by atoms with Gasteiger partial charge < -0.3 is 15.2 Å². The molecule has 0 spiro atoms. The molecule has 0 saturated carbocycles. The highest BCUT2D eigenvalue weighted by Crippen LogP contribution is 2.20. The molecule has 0 saturated heterocycles. The lowest BCUT2D eigenvalue weighted by molar-refractivity contribution is -0.113. The minimum atomic E-state index is -0.362. The molecule has 0 bridgehead atoms. The molecule has 146 valence electrons. The number of anilines is 1. The van der Waals surface area contributed by atoms with Crippen LogP contribution in [0.3, 0.4) is 0 Å². The Balaban J connectivity index is 1.55. The van der Waals surface area contributed by atoms with E-state index in [1.807, 2.05) is 18.4 Å². The maximum atomic E-state index is 12.9. The van der Waals surface area contributed by atoms with Crippen LogP contribution in [0.15, 0.2) is 46.9 Å². The summed E-state index contributed by atoms with van der Waals surface area (Å²) < 4.78 is 14.6. The van der Waals surface area contributed by atoms with Crippen LogP contribution in [-0.2, 0) is 11.8 Å². The van der Waals surface area contributed by atoms with Crippen molar-refractivity contribution < 1.29 is 14.0 Å². The summed E-state index contributed by atoms with van der Waals surface area (Å²) in [5.74, 6) is -0.0524. The van der Waals surface area contributed by atoms with Gasteiger partial charge in [-0.3, -0.25) is 9.59 Å². The first-order valence-electron chi connectivity index (χ1n) is 8.36. The number of nitrogens with one attached hydrogen (secondary N) is 2. The SMILES string of the molecule is C[C@@H](NC(=O)c1cccs1)c1nnc(SCC(=O)Nc2ccc(F)cc2)n1C. The molecule has 7 nitrogen and oxygen atoms in total. The summed E-state index contributed by atoms with van der Waals surface area (Å²) in [5.41, 5.74) is 0.524. The van der Waals surface area contributed by atoms with Gasteiger partial charge in [0.05, 0.1) is 16.7 Å². The van der Waals surface area contributed by atoms with E-state index in [0.29, 0.717) is 21.5 Å². The number of hydrogen-bond donors (Lipinski definition) is 2. The van der Waals surface area contributed by atoms with E-state index in [9.17, 15) is 14.0 Å². The quantitative estimate of drug-likeness (QED) is 0.574. The Morgan fingerprint density at radius 2 is 2.00 bits per heavy atom. The summed E-state index contributed by atoms with van der Waals surface area (Å²) in [6.07, 6.45) is 0. The topological polar surface area (TPSA) is 88.9 Å². The Bertz CT molecular complexity index is 957. The molecule has 2 aromatic heterocycles. The standard InChI is InChI=1S/C18H18FN5O2S2/c1-11(20-17(26)14-4-3-9-27-14)16-22-23-18(24(16)2)28-10-15(25)21-13-7-5-12(19)6-8-13/h3-9,11H,10H2,1-2H3,(H,20,26)(H,21,25)/t11-/m1/s1. The van der Waals surface area contributed by atoms with Crippen molar-refractivity contribution in [3.05, 3.63) is 58.3 Å². The van der Waals surface area contributed by atoms with Crippen molar-refractivity contribution in [3.63, 3.8) is 0 Å². The van der Waals surface area contributed by atoms with Gasteiger partial charge in [-0.2, -0.15) is 0 Å². The largest absolute Gasteiger partial charge is 0.342 e. The first-order chi connectivity index (χ1) is 13.4. The number of benzene rings is 1. The van der Waals surface area contributed by atoms with Gasteiger partial charge in [-0.1, -0.05) is 17.8 Å². The number of hydrogen-bond acceptors (Lipinski definition) is 6. The van der Waals surface area contributed by atoms with Gasteiger partial charge in [-0.15, -0.1) is 21.5 Å². The Labute approximate surface area is 169 Å². The molecular weight excluding hydrogens is 401 g/mol. The van der Waals surface area contributed by atoms with Crippen LogP contribution in [0, 0.1) is 5.82 Å². The molecule has 3 aromatic rings.